The lowest BCUT2D eigenvalue weighted by molar-refractivity contribution is 0.414. The normalized spacial score (nSPS) is 11.2. The fourth-order valence-corrected chi connectivity index (χ4v) is 3.48. The van der Waals surface area contributed by atoms with Crippen LogP contribution in [-0.4, -0.2) is 15.5 Å². The Morgan fingerprint density at radius 2 is 1.40 bits per heavy atom. The van der Waals surface area contributed by atoms with E-state index in [1.807, 2.05) is 54.6 Å². The number of methoxy groups -OCH3 is 1. The molecule has 0 bridgehead atoms. The van der Waals surface area contributed by atoms with E-state index in [9.17, 15) is 8.42 Å². The molecule has 0 saturated heterocycles. The van der Waals surface area contributed by atoms with E-state index in [0.29, 0.717) is 0 Å². The summed E-state index contributed by atoms with van der Waals surface area (Å²) in [5, 5.41) is 0. The molecule has 3 aromatic rings. The molecule has 0 spiro atoms. The lowest BCUT2D eigenvalue weighted by Crippen LogP contribution is -2.23. The van der Waals surface area contributed by atoms with Gasteiger partial charge in [0.05, 0.1) is 12.0 Å². The van der Waals surface area contributed by atoms with Crippen molar-refractivity contribution in [1.82, 2.24) is 4.72 Å². The van der Waals surface area contributed by atoms with E-state index in [4.69, 9.17) is 4.74 Å². The summed E-state index contributed by atoms with van der Waals surface area (Å²) < 4.78 is 32.6. The van der Waals surface area contributed by atoms with Crippen LogP contribution in [0, 0.1) is 0 Å². The first kappa shape index (κ1) is 17.2. The van der Waals surface area contributed by atoms with Crippen LogP contribution < -0.4 is 9.46 Å². The molecule has 0 fully saturated rings. The van der Waals surface area contributed by atoms with Crippen molar-refractivity contribution in [2.24, 2.45) is 0 Å². The topological polar surface area (TPSA) is 55.4 Å². The van der Waals surface area contributed by atoms with Crippen LogP contribution in [0.5, 0.6) is 5.75 Å². The van der Waals surface area contributed by atoms with Crippen LogP contribution in [-0.2, 0) is 16.6 Å². The Morgan fingerprint density at radius 3 is 2.00 bits per heavy atom. The number of rotatable bonds is 6. The SMILES string of the molecule is COc1ccc(CNS(=O)(=O)c2ccc(-c3ccccc3)cc2)cc1. The first-order chi connectivity index (χ1) is 12.1. The monoisotopic (exact) mass is 353 g/mol. The van der Waals surface area contributed by atoms with Crippen LogP contribution in [0.1, 0.15) is 5.56 Å². The fourth-order valence-electron chi connectivity index (χ4n) is 2.46. The van der Waals surface area contributed by atoms with Gasteiger partial charge in [-0.25, -0.2) is 13.1 Å². The van der Waals surface area contributed by atoms with Gasteiger partial charge in [0.15, 0.2) is 0 Å². The summed E-state index contributed by atoms with van der Waals surface area (Å²) in [4.78, 5) is 0.251. The van der Waals surface area contributed by atoms with Crippen LogP contribution in [0.4, 0.5) is 0 Å². The Hall–Kier alpha value is -2.63. The molecule has 0 aliphatic carbocycles. The van der Waals surface area contributed by atoms with E-state index in [1.165, 1.54) is 0 Å². The van der Waals surface area contributed by atoms with Gasteiger partial charge in [0.25, 0.3) is 0 Å². The summed E-state index contributed by atoms with van der Waals surface area (Å²) in [6, 6.07) is 24.0. The van der Waals surface area contributed by atoms with Gasteiger partial charge in [0, 0.05) is 6.54 Å². The molecule has 0 aliphatic rings. The maximum absolute atomic E-state index is 12.4. The zero-order valence-corrected chi connectivity index (χ0v) is 14.7. The summed E-state index contributed by atoms with van der Waals surface area (Å²) in [6.45, 7) is 0.229. The van der Waals surface area contributed by atoms with Gasteiger partial charge in [-0.05, 0) is 41.0 Å². The molecule has 0 saturated carbocycles. The quantitative estimate of drug-likeness (QED) is 0.732. The largest absolute Gasteiger partial charge is 0.497 e. The van der Waals surface area contributed by atoms with Crippen LogP contribution in [0.25, 0.3) is 11.1 Å². The molecular weight excluding hydrogens is 334 g/mol. The second-order valence-corrected chi connectivity index (χ2v) is 7.33. The van der Waals surface area contributed by atoms with Gasteiger partial charge in [-0.2, -0.15) is 0 Å². The van der Waals surface area contributed by atoms with Crippen molar-refractivity contribution in [3.63, 3.8) is 0 Å². The molecule has 0 atom stereocenters. The molecule has 0 amide bonds. The fraction of sp³-hybridized carbons (Fsp3) is 0.100. The number of benzene rings is 3. The highest BCUT2D eigenvalue weighted by Crippen LogP contribution is 2.21. The average molecular weight is 353 g/mol. The molecular formula is C20H19NO3S. The number of hydrogen-bond acceptors (Lipinski definition) is 3. The molecule has 25 heavy (non-hydrogen) atoms. The Bertz CT molecular complexity index is 919. The molecule has 5 heteroatoms. The molecule has 3 aromatic carbocycles. The summed E-state index contributed by atoms with van der Waals surface area (Å²) >= 11 is 0. The Labute approximate surface area is 148 Å². The van der Waals surface area contributed by atoms with Crippen LogP contribution in [0.15, 0.2) is 83.8 Å². The number of nitrogens with one attached hydrogen (secondary N) is 1. The second kappa shape index (κ2) is 7.51. The molecule has 3 rings (SSSR count). The van der Waals surface area contributed by atoms with Crippen molar-refractivity contribution in [1.29, 1.82) is 0 Å². The van der Waals surface area contributed by atoms with Crippen molar-refractivity contribution in [2.45, 2.75) is 11.4 Å². The van der Waals surface area contributed by atoms with Gasteiger partial charge < -0.3 is 4.74 Å². The smallest absolute Gasteiger partial charge is 0.240 e. The Morgan fingerprint density at radius 1 is 0.800 bits per heavy atom. The lowest BCUT2D eigenvalue weighted by atomic mass is 10.1. The minimum Gasteiger partial charge on any atom is -0.497 e. The Balaban J connectivity index is 1.71. The van der Waals surface area contributed by atoms with Crippen molar-refractivity contribution in [3.8, 4) is 16.9 Å². The third-order valence-corrected chi connectivity index (χ3v) is 5.31. The van der Waals surface area contributed by atoms with Gasteiger partial charge >= 0.3 is 0 Å². The lowest BCUT2D eigenvalue weighted by Gasteiger charge is -2.09. The van der Waals surface area contributed by atoms with Gasteiger partial charge in [0.2, 0.25) is 10.0 Å². The average Bonchev–Trinajstić information content (AvgIpc) is 2.68. The van der Waals surface area contributed by atoms with Gasteiger partial charge in [-0.3, -0.25) is 0 Å². The highest BCUT2D eigenvalue weighted by atomic mass is 32.2. The minimum atomic E-state index is -3.55. The predicted molar refractivity (Wildman–Crippen MR) is 98.9 cm³/mol. The summed E-state index contributed by atoms with van der Waals surface area (Å²) in [6.07, 6.45) is 0. The van der Waals surface area contributed by atoms with Crippen LogP contribution >= 0.6 is 0 Å². The molecule has 0 heterocycles. The van der Waals surface area contributed by atoms with Crippen molar-refractivity contribution in [2.75, 3.05) is 7.11 Å². The summed E-state index contributed by atoms with van der Waals surface area (Å²) in [7, 11) is -1.96. The molecule has 0 aromatic heterocycles. The van der Waals surface area contributed by atoms with E-state index in [-0.39, 0.29) is 11.4 Å². The van der Waals surface area contributed by atoms with E-state index in [2.05, 4.69) is 4.72 Å². The number of ether oxygens (including phenoxy) is 1. The predicted octanol–water partition coefficient (Wildman–Crippen LogP) is 3.84. The number of hydrogen-bond donors (Lipinski definition) is 1. The molecule has 1 N–H and O–H groups in total. The summed E-state index contributed by atoms with van der Waals surface area (Å²) in [5.74, 6) is 0.739. The van der Waals surface area contributed by atoms with E-state index in [0.717, 1.165) is 22.4 Å². The highest BCUT2D eigenvalue weighted by Gasteiger charge is 2.13. The minimum absolute atomic E-state index is 0.229. The first-order valence-corrected chi connectivity index (χ1v) is 9.35. The third kappa shape index (κ3) is 4.26. The van der Waals surface area contributed by atoms with Crippen molar-refractivity contribution in [3.05, 3.63) is 84.4 Å². The van der Waals surface area contributed by atoms with Crippen molar-refractivity contribution < 1.29 is 13.2 Å². The van der Waals surface area contributed by atoms with E-state index < -0.39 is 10.0 Å². The zero-order chi connectivity index (χ0) is 17.7. The first-order valence-electron chi connectivity index (χ1n) is 7.86. The maximum Gasteiger partial charge on any atom is 0.240 e. The van der Waals surface area contributed by atoms with E-state index >= 15 is 0 Å². The van der Waals surface area contributed by atoms with Gasteiger partial charge in [-0.1, -0.05) is 54.6 Å². The zero-order valence-electron chi connectivity index (χ0n) is 13.8. The molecule has 0 aliphatic heterocycles. The van der Waals surface area contributed by atoms with Gasteiger partial charge in [0.1, 0.15) is 5.75 Å². The van der Waals surface area contributed by atoms with Crippen molar-refractivity contribution >= 4 is 10.0 Å². The molecule has 0 unspecified atom stereocenters. The summed E-state index contributed by atoms with van der Waals surface area (Å²) in [5.41, 5.74) is 2.90. The Kier molecular flexibility index (Phi) is 5.16. The number of sulfonamides is 1. The maximum atomic E-state index is 12.4. The van der Waals surface area contributed by atoms with Crippen LogP contribution in [0.2, 0.25) is 0 Å². The van der Waals surface area contributed by atoms with E-state index in [1.54, 1.807) is 31.4 Å². The van der Waals surface area contributed by atoms with Crippen LogP contribution in [0.3, 0.4) is 0 Å². The molecule has 0 radical (unpaired) electrons. The second-order valence-electron chi connectivity index (χ2n) is 5.56. The highest BCUT2D eigenvalue weighted by molar-refractivity contribution is 7.89. The van der Waals surface area contributed by atoms with Gasteiger partial charge in [-0.15, -0.1) is 0 Å². The molecule has 4 nitrogen and oxygen atoms in total. The third-order valence-electron chi connectivity index (χ3n) is 3.90. The standard InChI is InChI=1S/C20H19NO3S/c1-24-19-11-7-16(8-12-19)15-21-25(22,23)20-13-9-18(10-14-20)17-5-3-2-4-6-17/h2-14,21H,15H2,1H3. The molecule has 128 valence electrons.